The number of primary amides is 1. The van der Waals surface area contributed by atoms with Gasteiger partial charge in [-0.05, 0) is 42.8 Å². The van der Waals surface area contributed by atoms with Crippen LogP contribution in [-0.2, 0) is 0 Å². The van der Waals surface area contributed by atoms with Crippen molar-refractivity contribution in [2.24, 2.45) is 5.73 Å². The topological polar surface area (TPSA) is 62.0 Å². The van der Waals surface area contributed by atoms with Crippen molar-refractivity contribution in [1.29, 1.82) is 0 Å². The highest BCUT2D eigenvalue weighted by molar-refractivity contribution is 7.82. The van der Waals surface area contributed by atoms with Gasteiger partial charge < -0.3 is 15.4 Å². The van der Waals surface area contributed by atoms with E-state index in [9.17, 15) is 9.18 Å². The van der Waals surface area contributed by atoms with E-state index in [-0.39, 0.29) is 5.82 Å². The fraction of sp³-hybridized carbons (Fsp3) is 0.350. The molecule has 0 radical (unpaired) electrons. The highest BCUT2D eigenvalue weighted by Crippen LogP contribution is 2.22. The van der Waals surface area contributed by atoms with Crippen LogP contribution >= 0.6 is 12.8 Å². The maximum Gasteiger partial charge on any atom is 0.329 e. The van der Waals surface area contributed by atoms with Crippen LogP contribution in [0.3, 0.4) is 0 Å². The van der Waals surface area contributed by atoms with Gasteiger partial charge in [-0.15, -0.1) is 0 Å². The predicted octanol–water partition coefficient (Wildman–Crippen LogP) is 3.15. The predicted molar refractivity (Wildman–Crippen MR) is 113 cm³/mol. The Labute approximate surface area is 170 Å². The summed E-state index contributed by atoms with van der Waals surface area (Å²) in [5.41, 5.74) is 6.86. The van der Waals surface area contributed by atoms with Crippen molar-refractivity contribution < 1.29 is 13.9 Å². The van der Waals surface area contributed by atoms with Crippen molar-refractivity contribution in [2.75, 3.05) is 48.5 Å². The molecule has 2 aromatic carbocycles. The highest BCUT2D eigenvalue weighted by atomic mass is 32.1. The highest BCUT2D eigenvalue weighted by Gasteiger charge is 2.17. The molecule has 1 aliphatic rings. The number of thiol groups is 1. The van der Waals surface area contributed by atoms with Crippen molar-refractivity contribution in [2.45, 2.75) is 6.42 Å². The third-order valence-corrected chi connectivity index (χ3v) is 5.15. The third-order valence-electron chi connectivity index (χ3n) is 4.72. The summed E-state index contributed by atoms with van der Waals surface area (Å²) in [4.78, 5) is 15.9. The van der Waals surface area contributed by atoms with Gasteiger partial charge in [0.1, 0.15) is 11.6 Å². The number of nitrogens with zero attached hydrogens (tertiary/aromatic N) is 3. The fourth-order valence-electron chi connectivity index (χ4n) is 3.19. The molecule has 6 nitrogen and oxygen atoms in total. The molecule has 1 saturated heterocycles. The Hall–Kier alpha value is -2.45. The maximum atomic E-state index is 13.0. The lowest BCUT2D eigenvalue weighted by Crippen LogP contribution is -2.46. The second kappa shape index (κ2) is 9.66. The first-order chi connectivity index (χ1) is 13.5. The molecule has 2 aromatic rings. The third kappa shape index (κ3) is 5.53. The van der Waals surface area contributed by atoms with E-state index in [1.165, 1.54) is 12.1 Å². The molecule has 0 atom stereocenters. The van der Waals surface area contributed by atoms with Crippen LogP contribution in [0.2, 0.25) is 0 Å². The minimum Gasteiger partial charge on any atom is -0.493 e. The lowest BCUT2D eigenvalue weighted by Gasteiger charge is -2.36. The summed E-state index contributed by atoms with van der Waals surface area (Å²) < 4.78 is 19.9. The van der Waals surface area contributed by atoms with Gasteiger partial charge in [-0.1, -0.05) is 18.9 Å². The number of nitrogens with two attached hydrogens (primary N) is 1. The summed E-state index contributed by atoms with van der Waals surface area (Å²) in [6.07, 6.45) is 0.904. The number of carbonyl (C=O) groups is 1. The molecule has 1 heterocycles. The fourth-order valence-corrected chi connectivity index (χ4v) is 3.32. The summed E-state index contributed by atoms with van der Waals surface area (Å²) in [7, 11) is 0. The standard InChI is InChI=1S/C20H25FN4O2S/c21-16-5-7-17(8-6-16)24-12-10-23(11-13-24)9-2-14-27-19-4-1-3-18(15-19)25(28)20(22)26/h1,3-8,15,28H,2,9-14H2,(H2,22,26). The largest absolute Gasteiger partial charge is 0.493 e. The Kier molecular flexibility index (Phi) is 7.00. The van der Waals surface area contributed by atoms with E-state index >= 15 is 0 Å². The molecule has 2 N–H and O–H groups in total. The number of urea groups is 1. The monoisotopic (exact) mass is 404 g/mol. The van der Waals surface area contributed by atoms with E-state index in [2.05, 4.69) is 22.6 Å². The number of benzene rings is 2. The number of hydrogen-bond acceptors (Lipinski definition) is 5. The van der Waals surface area contributed by atoms with E-state index < -0.39 is 6.03 Å². The normalized spacial score (nSPS) is 14.7. The minimum atomic E-state index is -0.639. The first-order valence-corrected chi connectivity index (χ1v) is 9.67. The van der Waals surface area contributed by atoms with Crippen molar-refractivity contribution >= 4 is 30.2 Å². The number of ether oxygens (including phenoxy) is 1. The second-order valence-corrected chi connectivity index (χ2v) is 7.05. The first kappa shape index (κ1) is 20.3. The molecule has 0 spiro atoms. The van der Waals surface area contributed by atoms with E-state index in [0.717, 1.165) is 49.1 Å². The van der Waals surface area contributed by atoms with Crippen LogP contribution < -0.4 is 19.7 Å². The molecule has 150 valence electrons. The Bertz CT molecular complexity index is 782. The van der Waals surface area contributed by atoms with E-state index in [4.69, 9.17) is 10.5 Å². The van der Waals surface area contributed by atoms with Gasteiger partial charge in [-0.3, -0.25) is 4.90 Å². The Morgan fingerprint density at radius 2 is 1.86 bits per heavy atom. The number of halogens is 1. The molecule has 8 heteroatoms. The SMILES string of the molecule is NC(=O)N(S)c1cccc(OCCCN2CCN(c3ccc(F)cc3)CC2)c1. The molecule has 0 aromatic heterocycles. The molecule has 3 rings (SSSR count). The Balaban J connectivity index is 1.38. The zero-order valence-electron chi connectivity index (χ0n) is 15.6. The minimum absolute atomic E-state index is 0.204. The van der Waals surface area contributed by atoms with Crippen LogP contribution in [-0.4, -0.2) is 50.3 Å². The Morgan fingerprint density at radius 1 is 1.14 bits per heavy atom. The molecule has 28 heavy (non-hydrogen) atoms. The average Bonchev–Trinajstić information content (AvgIpc) is 2.72. The smallest absolute Gasteiger partial charge is 0.329 e. The molecule has 1 fully saturated rings. The zero-order chi connectivity index (χ0) is 19.9. The van der Waals surface area contributed by atoms with Crippen molar-refractivity contribution in [3.63, 3.8) is 0 Å². The number of piperazine rings is 1. The van der Waals surface area contributed by atoms with E-state index in [0.29, 0.717) is 18.0 Å². The van der Waals surface area contributed by atoms with Crippen molar-refractivity contribution in [1.82, 2.24) is 4.90 Å². The van der Waals surface area contributed by atoms with Gasteiger partial charge in [0.2, 0.25) is 0 Å². The van der Waals surface area contributed by atoms with Crippen LogP contribution in [0.15, 0.2) is 48.5 Å². The number of hydrogen-bond donors (Lipinski definition) is 2. The summed E-state index contributed by atoms with van der Waals surface area (Å²) in [5, 5.41) is 0. The molecular formula is C20H25FN4O2S. The summed E-state index contributed by atoms with van der Waals surface area (Å²) in [6.45, 7) is 5.35. The first-order valence-electron chi connectivity index (χ1n) is 9.27. The lowest BCUT2D eigenvalue weighted by molar-refractivity contribution is 0.225. The van der Waals surface area contributed by atoms with Gasteiger partial charge in [0, 0.05) is 44.5 Å². The van der Waals surface area contributed by atoms with Gasteiger partial charge in [0.15, 0.2) is 0 Å². The lowest BCUT2D eigenvalue weighted by atomic mass is 10.2. The van der Waals surface area contributed by atoms with Crippen molar-refractivity contribution in [3.8, 4) is 5.75 Å². The van der Waals surface area contributed by atoms with Crippen LogP contribution in [0, 0.1) is 5.82 Å². The molecule has 0 saturated carbocycles. The average molecular weight is 405 g/mol. The molecule has 1 aliphatic heterocycles. The van der Waals surface area contributed by atoms with Gasteiger partial charge in [-0.2, -0.15) is 0 Å². The summed E-state index contributed by atoms with van der Waals surface area (Å²) in [5.74, 6) is 0.476. The van der Waals surface area contributed by atoms with Crippen LogP contribution in [0.4, 0.5) is 20.6 Å². The van der Waals surface area contributed by atoms with Crippen LogP contribution in [0.5, 0.6) is 5.75 Å². The van der Waals surface area contributed by atoms with Crippen molar-refractivity contribution in [3.05, 3.63) is 54.3 Å². The maximum absolute atomic E-state index is 13.0. The Morgan fingerprint density at radius 3 is 2.54 bits per heavy atom. The zero-order valence-corrected chi connectivity index (χ0v) is 16.5. The molecule has 0 unspecified atom stereocenters. The number of amides is 2. The van der Waals surface area contributed by atoms with E-state index in [1.807, 2.05) is 18.2 Å². The van der Waals surface area contributed by atoms with Gasteiger partial charge >= 0.3 is 6.03 Å². The summed E-state index contributed by atoms with van der Waals surface area (Å²) in [6, 6.07) is 13.1. The molecule has 2 amide bonds. The van der Waals surface area contributed by atoms with Gasteiger partial charge in [-0.25, -0.2) is 13.5 Å². The quantitative estimate of drug-likeness (QED) is 0.550. The van der Waals surface area contributed by atoms with Gasteiger partial charge in [0.25, 0.3) is 0 Å². The number of carbonyl (C=O) groups excluding carboxylic acids is 1. The molecule has 0 aliphatic carbocycles. The molecular weight excluding hydrogens is 379 g/mol. The van der Waals surface area contributed by atoms with E-state index in [1.54, 1.807) is 18.2 Å². The number of rotatable bonds is 7. The second-order valence-electron chi connectivity index (χ2n) is 6.65. The number of anilines is 2. The van der Waals surface area contributed by atoms with Crippen LogP contribution in [0.1, 0.15) is 6.42 Å². The van der Waals surface area contributed by atoms with Gasteiger partial charge in [0.05, 0.1) is 12.3 Å². The molecule has 0 bridgehead atoms. The summed E-state index contributed by atoms with van der Waals surface area (Å²) >= 11 is 4.05. The van der Waals surface area contributed by atoms with Crippen LogP contribution in [0.25, 0.3) is 0 Å².